The number of methoxy groups -OCH3 is 1. The summed E-state index contributed by atoms with van der Waals surface area (Å²) in [5.74, 6) is 2.34. The van der Waals surface area contributed by atoms with Crippen molar-refractivity contribution in [3.63, 3.8) is 0 Å². The zero-order valence-corrected chi connectivity index (χ0v) is 11.4. The van der Waals surface area contributed by atoms with E-state index in [1.807, 2.05) is 50.5 Å². The zero-order valence-electron chi connectivity index (χ0n) is 11.4. The molecule has 4 nitrogen and oxygen atoms in total. The summed E-state index contributed by atoms with van der Waals surface area (Å²) in [4.78, 5) is 4.29. The molecule has 0 unspecified atom stereocenters. The summed E-state index contributed by atoms with van der Waals surface area (Å²) in [5.41, 5.74) is 1.95. The maximum Gasteiger partial charge on any atom is 0.135 e. The minimum atomic E-state index is 0.715. The van der Waals surface area contributed by atoms with Crippen molar-refractivity contribution in [2.75, 3.05) is 14.2 Å². The van der Waals surface area contributed by atoms with Gasteiger partial charge in [-0.3, -0.25) is 4.98 Å². The number of benzene rings is 1. The number of hydrogen-bond donors (Lipinski definition) is 1. The van der Waals surface area contributed by atoms with Crippen molar-refractivity contribution in [1.29, 1.82) is 0 Å². The quantitative estimate of drug-likeness (QED) is 0.895. The Bertz CT molecular complexity index is 556. The summed E-state index contributed by atoms with van der Waals surface area (Å²) in [6.45, 7) is 2.66. The van der Waals surface area contributed by atoms with E-state index in [4.69, 9.17) is 9.47 Å². The van der Waals surface area contributed by atoms with Crippen molar-refractivity contribution in [2.45, 2.75) is 13.5 Å². The molecule has 1 heterocycles. The first kappa shape index (κ1) is 13.4. The van der Waals surface area contributed by atoms with Crippen LogP contribution in [-0.2, 0) is 6.54 Å². The SMILES string of the molecule is CNCc1cnc(C)cc1Oc1cccc(OC)c1. The Balaban J connectivity index is 2.28. The average Bonchev–Trinajstić information content (AvgIpc) is 2.42. The van der Waals surface area contributed by atoms with Crippen LogP contribution in [0.3, 0.4) is 0 Å². The van der Waals surface area contributed by atoms with Gasteiger partial charge >= 0.3 is 0 Å². The van der Waals surface area contributed by atoms with E-state index in [1.165, 1.54) is 0 Å². The molecule has 1 aromatic heterocycles. The maximum absolute atomic E-state index is 5.93. The fraction of sp³-hybridized carbons (Fsp3) is 0.267. The molecule has 0 aliphatic carbocycles. The number of rotatable bonds is 5. The van der Waals surface area contributed by atoms with Gasteiger partial charge in [-0.25, -0.2) is 0 Å². The van der Waals surface area contributed by atoms with Gasteiger partial charge in [0.2, 0.25) is 0 Å². The summed E-state index contributed by atoms with van der Waals surface area (Å²) in [6, 6.07) is 9.49. The summed E-state index contributed by atoms with van der Waals surface area (Å²) < 4.78 is 11.1. The molecule has 0 bridgehead atoms. The second-order valence-electron chi connectivity index (χ2n) is 4.24. The Kier molecular flexibility index (Phi) is 4.36. The van der Waals surface area contributed by atoms with Gasteiger partial charge in [0.15, 0.2) is 0 Å². The fourth-order valence-electron chi connectivity index (χ4n) is 1.77. The van der Waals surface area contributed by atoms with Gasteiger partial charge < -0.3 is 14.8 Å². The first-order chi connectivity index (χ1) is 9.22. The van der Waals surface area contributed by atoms with E-state index in [2.05, 4.69) is 10.3 Å². The maximum atomic E-state index is 5.93. The average molecular weight is 258 g/mol. The van der Waals surface area contributed by atoms with E-state index in [9.17, 15) is 0 Å². The van der Waals surface area contributed by atoms with Crippen molar-refractivity contribution in [3.8, 4) is 17.2 Å². The van der Waals surface area contributed by atoms with Crippen LogP contribution >= 0.6 is 0 Å². The monoisotopic (exact) mass is 258 g/mol. The Labute approximate surface area is 113 Å². The van der Waals surface area contributed by atoms with Crippen LogP contribution in [-0.4, -0.2) is 19.1 Å². The third-order valence-corrected chi connectivity index (χ3v) is 2.72. The van der Waals surface area contributed by atoms with E-state index >= 15 is 0 Å². The minimum absolute atomic E-state index is 0.715. The lowest BCUT2D eigenvalue weighted by atomic mass is 10.2. The molecule has 0 atom stereocenters. The number of hydrogen-bond acceptors (Lipinski definition) is 4. The van der Waals surface area contributed by atoms with Crippen LogP contribution in [0.1, 0.15) is 11.3 Å². The summed E-state index contributed by atoms with van der Waals surface area (Å²) in [5, 5.41) is 3.11. The standard InChI is InChI=1S/C15H18N2O2/c1-11-7-15(12(9-16-2)10-17-11)19-14-6-4-5-13(8-14)18-3/h4-8,10,16H,9H2,1-3H3. The van der Waals surface area contributed by atoms with Crippen LogP contribution in [0.25, 0.3) is 0 Å². The molecule has 1 aromatic carbocycles. The van der Waals surface area contributed by atoms with Gasteiger partial charge in [-0.15, -0.1) is 0 Å². The molecule has 0 saturated heterocycles. The van der Waals surface area contributed by atoms with Gasteiger partial charge in [0.05, 0.1) is 7.11 Å². The lowest BCUT2D eigenvalue weighted by Crippen LogP contribution is -2.07. The molecule has 0 spiro atoms. The second-order valence-corrected chi connectivity index (χ2v) is 4.24. The van der Waals surface area contributed by atoms with Gasteiger partial charge in [0.25, 0.3) is 0 Å². The summed E-state index contributed by atoms with van der Waals surface area (Å²) >= 11 is 0. The Hall–Kier alpha value is -2.07. The molecular formula is C15H18N2O2. The van der Waals surface area contributed by atoms with Crippen molar-refractivity contribution in [2.24, 2.45) is 0 Å². The predicted molar refractivity (Wildman–Crippen MR) is 74.8 cm³/mol. The molecule has 0 aliphatic heterocycles. The van der Waals surface area contributed by atoms with Crippen molar-refractivity contribution in [1.82, 2.24) is 10.3 Å². The number of ether oxygens (including phenoxy) is 2. The van der Waals surface area contributed by atoms with Crippen molar-refractivity contribution >= 4 is 0 Å². The molecule has 4 heteroatoms. The number of aromatic nitrogens is 1. The molecule has 0 saturated carbocycles. The predicted octanol–water partition coefficient (Wildman–Crippen LogP) is 2.91. The van der Waals surface area contributed by atoms with Crippen LogP contribution in [0, 0.1) is 6.92 Å². The van der Waals surface area contributed by atoms with E-state index in [0.717, 1.165) is 28.5 Å². The van der Waals surface area contributed by atoms with Crippen molar-refractivity contribution < 1.29 is 9.47 Å². The molecule has 1 N–H and O–H groups in total. The van der Waals surface area contributed by atoms with Crippen LogP contribution in [0.4, 0.5) is 0 Å². The van der Waals surface area contributed by atoms with Gasteiger partial charge in [-0.2, -0.15) is 0 Å². The van der Waals surface area contributed by atoms with Crippen LogP contribution in [0.5, 0.6) is 17.2 Å². The molecule has 19 heavy (non-hydrogen) atoms. The highest BCUT2D eigenvalue weighted by molar-refractivity contribution is 5.40. The molecule has 2 aromatic rings. The largest absolute Gasteiger partial charge is 0.497 e. The van der Waals surface area contributed by atoms with Crippen LogP contribution in [0.2, 0.25) is 0 Å². The normalized spacial score (nSPS) is 10.3. The number of nitrogens with one attached hydrogen (secondary N) is 1. The highest BCUT2D eigenvalue weighted by Crippen LogP contribution is 2.28. The minimum Gasteiger partial charge on any atom is -0.497 e. The number of aryl methyl sites for hydroxylation is 1. The Morgan fingerprint density at radius 2 is 2.00 bits per heavy atom. The summed E-state index contributed by atoms with van der Waals surface area (Å²) in [7, 11) is 3.54. The molecule has 2 rings (SSSR count). The third kappa shape index (κ3) is 3.45. The molecule has 100 valence electrons. The second kappa shape index (κ2) is 6.20. The molecular weight excluding hydrogens is 240 g/mol. The Morgan fingerprint density at radius 1 is 1.21 bits per heavy atom. The number of nitrogens with zero attached hydrogens (tertiary/aromatic N) is 1. The highest BCUT2D eigenvalue weighted by Gasteiger charge is 2.06. The lowest BCUT2D eigenvalue weighted by molar-refractivity contribution is 0.408. The van der Waals surface area contributed by atoms with Gasteiger partial charge in [0, 0.05) is 36.1 Å². The molecule has 0 fully saturated rings. The van der Waals surface area contributed by atoms with Gasteiger partial charge in [-0.1, -0.05) is 6.07 Å². The van der Waals surface area contributed by atoms with Crippen LogP contribution in [0.15, 0.2) is 36.5 Å². The summed E-state index contributed by atoms with van der Waals surface area (Å²) in [6.07, 6.45) is 1.83. The smallest absolute Gasteiger partial charge is 0.135 e. The van der Waals surface area contributed by atoms with Crippen LogP contribution < -0.4 is 14.8 Å². The first-order valence-corrected chi connectivity index (χ1v) is 6.15. The van der Waals surface area contributed by atoms with E-state index < -0.39 is 0 Å². The fourth-order valence-corrected chi connectivity index (χ4v) is 1.77. The molecule has 0 aliphatic rings. The van der Waals surface area contributed by atoms with E-state index in [1.54, 1.807) is 7.11 Å². The van der Waals surface area contributed by atoms with Crippen molar-refractivity contribution in [3.05, 3.63) is 47.8 Å². The highest BCUT2D eigenvalue weighted by atomic mass is 16.5. The van der Waals surface area contributed by atoms with E-state index in [-0.39, 0.29) is 0 Å². The topological polar surface area (TPSA) is 43.4 Å². The molecule has 0 radical (unpaired) electrons. The lowest BCUT2D eigenvalue weighted by Gasteiger charge is -2.12. The number of pyridine rings is 1. The van der Waals surface area contributed by atoms with E-state index in [0.29, 0.717) is 6.54 Å². The first-order valence-electron chi connectivity index (χ1n) is 6.15. The molecule has 0 amide bonds. The van der Waals surface area contributed by atoms with Gasteiger partial charge in [0.1, 0.15) is 17.2 Å². The zero-order chi connectivity index (χ0) is 13.7. The van der Waals surface area contributed by atoms with Gasteiger partial charge in [-0.05, 0) is 26.1 Å². The third-order valence-electron chi connectivity index (χ3n) is 2.72. The Morgan fingerprint density at radius 3 is 2.74 bits per heavy atom.